The van der Waals surface area contributed by atoms with E-state index in [2.05, 4.69) is 9.44 Å². The van der Waals surface area contributed by atoms with Gasteiger partial charge in [-0.3, -0.25) is 0 Å². The van der Waals surface area contributed by atoms with Crippen LogP contribution >= 0.6 is 0 Å². The Balaban J connectivity index is 1.86. The molecule has 2 aliphatic rings. The van der Waals surface area contributed by atoms with E-state index >= 15 is 0 Å². The maximum atomic E-state index is 11.6. The van der Waals surface area contributed by atoms with Crippen LogP contribution < -0.4 is 15.2 Å². The van der Waals surface area contributed by atoms with E-state index < -0.39 is 10.2 Å². The molecule has 0 spiro atoms. The molecule has 0 aromatic heterocycles. The Morgan fingerprint density at radius 3 is 2.56 bits per heavy atom. The van der Waals surface area contributed by atoms with Crippen LogP contribution in [0.15, 0.2) is 0 Å². The summed E-state index contributed by atoms with van der Waals surface area (Å²) in [7, 11) is -3.42. The van der Waals surface area contributed by atoms with Crippen LogP contribution in [0.3, 0.4) is 0 Å². The molecule has 2 aliphatic carbocycles. The summed E-state index contributed by atoms with van der Waals surface area (Å²) in [6.45, 7) is 2.46. The Labute approximate surface area is 96.1 Å². The van der Waals surface area contributed by atoms with E-state index in [1.54, 1.807) is 0 Å². The third-order valence-corrected chi connectivity index (χ3v) is 4.16. The zero-order chi connectivity index (χ0) is 11.8. The van der Waals surface area contributed by atoms with Gasteiger partial charge in [0, 0.05) is 18.7 Å². The zero-order valence-corrected chi connectivity index (χ0v) is 10.2. The molecule has 7 heteroatoms. The Bertz CT molecular complexity index is 340. The molecule has 2 rings (SSSR count). The first-order valence-electron chi connectivity index (χ1n) is 5.68. The molecule has 0 aromatic carbocycles. The van der Waals surface area contributed by atoms with Crippen molar-refractivity contribution in [1.29, 1.82) is 0 Å². The van der Waals surface area contributed by atoms with E-state index in [-0.39, 0.29) is 24.2 Å². The van der Waals surface area contributed by atoms with Crippen molar-refractivity contribution in [2.75, 3.05) is 6.61 Å². The predicted octanol–water partition coefficient (Wildman–Crippen LogP) is -0.922. The largest absolute Gasteiger partial charge is 0.377 e. The maximum absolute atomic E-state index is 11.6. The van der Waals surface area contributed by atoms with Crippen molar-refractivity contribution in [3.05, 3.63) is 0 Å². The zero-order valence-electron chi connectivity index (χ0n) is 9.35. The minimum atomic E-state index is -3.42. The van der Waals surface area contributed by atoms with Crippen molar-refractivity contribution in [3.8, 4) is 0 Å². The smallest absolute Gasteiger partial charge is 0.277 e. The second-order valence-corrected chi connectivity index (χ2v) is 5.91. The van der Waals surface area contributed by atoms with E-state index in [9.17, 15) is 8.42 Å². The van der Waals surface area contributed by atoms with Gasteiger partial charge in [0.1, 0.15) is 0 Å². The summed E-state index contributed by atoms with van der Waals surface area (Å²) in [5, 5.41) is 0. The molecule has 2 saturated carbocycles. The van der Waals surface area contributed by atoms with Gasteiger partial charge in [0.2, 0.25) is 0 Å². The molecule has 0 saturated heterocycles. The lowest BCUT2D eigenvalue weighted by Gasteiger charge is -2.42. The lowest BCUT2D eigenvalue weighted by Crippen LogP contribution is -2.66. The highest BCUT2D eigenvalue weighted by molar-refractivity contribution is 7.87. The average Bonchev–Trinajstić information content (AvgIpc) is 2.98. The van der Waals surface area contributed by atoms with Gasteiger partial charge in [0.15, 0.2) is 0 Å². The molecule has 4 N–H and O–H groups in total. The first-order valence-corrected chi connectivity index (χ1v) is 7.17. The number of hydrogen-bond donors (Lipinski definition) is 3. The molecule has 3 unspecified atom stereocenters. The summed E-state index contributed by atoms with van der Waals surface area (Å²) in [5.41, 5.74) is 5.76. The third-order valence-electron chi connectivity index (χ3n) is 2.94. The fourth-order valence-electron chi connectivity index (χ4n) is 1.82. The van der Waals surface area contributed by atoms with E-state index in [0.717, 1.165) is 12.8 Å². The van der Waals surface area contributed by atoms with Gasteiger partial charge in [0.05, 0.1) is 12.1 Å². The predicted molar refractivity (Wildman–Crippen MR) is 60.0 cm³/mol. The summed E-state index contributed by atoms with van der Waals surface area (Å²) < 4.78 is 33.8. The lowest BCUT2D eigenvalue weighted by molar-refractivity contribution is -0.0249. The number of nitrogens with two attached hydrogens (primary N) is 1. The lowest BCUT2D eigenvalue weighted by atomic mass is 9.84. The first-order chi connectivity index (χ1) is 7.52. The van der Waals surface area contributed by atoms with E-state index in [1.165, 1.54) is 0 Å². The highest BCUT2D eigenvalue weighted by Gasteiger charge is 2.42. The van der Waals surface area contributed by atoms with Gasteiger partial charge >= 0.3 is 0 Å². The van der Waals surface area contributed by atoms with Gasteiger partial charge in [-0.15, -0.1) is 0 Å². The van der Waals surface area contributed by atoms with Crippen molar-refractivity contribution >= 4 is 10.2 Å². The van der Waals surface area contributed by atoms with Crippen LogP contribution in [0.2, 0.25) is 0 Å². The van der Waals surface area contributed by atoms with Gasteiger partial charge in [-0.05, 0) is 26.2 Å². The number of ether oxygens (including phenoxy) is 1. The number of hydrogen-bond acceptors (Lipinski definition) is 4. The molecule has 0 aliphatic heterocycles. The second kappa shape index (κ2) is 4.58. The average molecular weight is 249 g/mol. The van der Waals surface area contributed by atoms with Gasteiger partial charge in [-0.25, -0.2) is 0 Å². The van der Waals surface area contributed by atoms with Crippen molar-refractivity contribution in [1.82, 2.24) is 9.44 Å². The van der Waals surface area contributed by atoms with E-state index in [4.69, 9.17) is 10.5 Å². The van der Waals surface area contributed by atoms with Gasteiger partial charge < -0.3 is 10.5 Å². The molecular formula is C9H19N3O3S. The Hall–Kier alpha value is -0.210. The standard InChI is InChI=1S/C9H19N3O3S/c1-2-15-8-5-7(10)9(8)12-16(13,14)11-6-3-4-6/h6-9,11-12H,2-5,10H2,1H3. The normalized spacial score (nSPS) is 34.8. The summed E-state index contributed by atoms with van der Waals surface area (Å²) in [6.07, 6.45) is 2.47. The number of rotatable bonds is 6. The fraction of sp³-hybridized carbons (Fsp3) is 1.00. The Morgan fingerprint density at radius 1 is 1.38 bits per heavy atom. The van der Waals surface area contributed by atoms with E-state index in [0.29, 0.717) is 13.0 Å². The van der Waals surface area contributed by atoms with Crippen LogP contribution in [0.5, 0.6) is 0 Å². The summed E-state index contributed by atoms with van der Waals surface area (Å²) in [6, 6.07) is -0.331. The molecule has 2 fully saturated rings. The SMILES string of the molecule is CCOC1CC(N)C1NS(=O)(=O)NC1CC1. The van der Waals surface area contributed by atoms with Crippen molar-refractivity contribution < 1.29 is 13.2 Å². The molecule has 0 aromatic rings. The van der Waals surface area contributed by atoms with Crippen molar-refractivity contribution in [2.24, 2.45) is 5.73 Å². The molecule has 0 bridgehead atoms. The molecule has 3 atom stereocenters. The molecule has 0 amide bonds. The minimum absolute atomic E-state index is 0.0872. The van der Waals surface area contributed by atoms with Gasteiger partial charge in [0.25, 0.3) is 10.2 Å². The van der Waals surface area contributed by atoms with Crippen LogP contribution in [0.1, 0.15) is 26.2 Å². The highest BCUT2D eigenvalue weighted by atomic mass is 32.2. The summed E-state index contributed by atoms with van der Waals surface area (Å²) >= 11 is 0. The molecular weight excluding hydrogens is 230 g/mol. The molecule has 6 nitrogen and oxygen atoms in total. The number of nitrogens with one attached hydrogen (secondary N) is 2. The highest BCUT2D eigenvalue weighted by Crippen LogP contribution is 2.24. The van der Waals surface area contributed by atoms with Crippen molar-refractivity contribution in [2.45, 2.75) is 50.4 Å². The molecule has 0 radical (unpaired) electrons. The minimum Gasteiger partial charge on any atom is -0.377 e. The molecule has 0 heterocycles. The quantitative estimate of drug-likeness (QED) is 0.567. The van der Waals surface area contributed by atoms with Crippen LogP contribution in [-0.2, 0) is 14.9 Å². The maximum Gasteiger partial charge on any atom is 0.277 e. The fourth-order valence-corrected chi connectivity index (χ4v) is 3.25. The van der Waals surface area contributed by atoms with Gasteiger partial charge in [-0.1, -0.05) is 0 Å². The molecule has 94 valence electrons. The Kier molecular flexibility index (Phi) is 3.50. The monoisotopic (exact) mass is 249 g/mol. The van der Waals surface area contributed by atoms with E-state index in [1.807, 2.05) is 6.92 Å². The van der Waals surface area contributed by atoms with Crippen LogP contribution in [0.25, 0.3) is 0 Å². The van der Waals surface area contributed by atoms with Crippen molar-refractivity contribution in [3.63, 3.8) is 0 Å². The van der Waals surface area contributed by atoms with Crippen LogP contribution in [0, 0.1) is 0 Å². The first kappa shape index (κ1) is 12.3. The second-order valence-electron chi connectivity index (χ2n) is 4.43. The van der Waals surface area contributed by atoms with Crippen LogP contribution in [-0.4, -0.2) is 39.3 Å². The molecule has 16 heavy (non-hydrogen) atoms. The summed E-state index contributed by atoms with van der Waals surface area (Å²) in [4.78, 5) is 0. The van der Waals surface area contributed by atoms with Crippen LogP contribution in [0.4, 0.5) is 0 Å². The summed E-state index contributed by atoms with van der Waals surface area (Å²) in [5.74, 6) is 0. The topological polar surface area (TPSA) is 93.4 Å². The third kappa shape index (κ3) is 2.92. The Morgan fingerprint density at radius 2 is 2.06 bits per heavy atom. The van der Waals surface area contributed by atoms with Gasteiger partial charge in [-0.2, -0.15) is 17.9 Å².